The molecular weight excluding hydrogens is 360 g/mol. The second kappa shape index (κ2) is 7.29. The van der Waals surface area contributed by atoms with Crippen LogP contribution in [0.4, 0.5) is 5.69 Å². The van der Waals surface area contributed by atoms with E-state index in [0.29, 0.717) is 6.04 Å². The number of nitrogens with zero attached hydrogens (tertiary/aromatic N) is 4. The van der Waals surface area contributed by atoms with E-state index in [2.05, 4.69) is 49.1 Å². The Kier molecular flexibility index (Phi) is 4.48. The van der Waals surface area contributed by atoms with Crippen LogP contribution in [0.25, 0.3) is 33.5 Å². The normalized spacial score (nSPS) is 15.2. The summed E-state index contributed by atoms with van der Waals surface area (Å²) < 4.78 is 0. The number of aromatic amines is 1. The fourth-order valence-electron chi connectivity index (χ4n) is 3.99. The van der Waals surface area contributed by atoms with E-state index >= 15 is 0 Å². The van der Waals surface area contributed by atoms with Gasteiger partial charge in [-0.2, -0.15) is 0 Å². The summed E-state index contributed by atoms with van der Waals surface area (Å²) in [6.07, 6.45) is 5.75. The topological polar surface area (TPSA) is 83.7 Å². The second-order valence-electron chi connectivity index (χ2n) is 7.72. The Morgan fingerprint density at radius 1 is 1.07 bits per heavy atom. The Balaban J connectivity index is 1.53. The number of hydrogen-bond donors (Lipinski definition) is 2. The number of rotatable bonds is 3. The molecule has 1 aliphatic rings. The minimum Gasteiger partial charge on any atom is -0.370 e. The largest absolute Gasteiger partial charge is 0.370 e. The van der Waals surface area contributed by atoms with Crippen molar-refractivity contribution >= 4 is 16.6 Å². The quantitative estimate of drug-likeness (QED) is 0.559. The average molecular weight is 384 g/mol. The fraction of sp³-hybridized carbons (Fsp3) is 0.261. The van der Waals surface area contributed by atoms with Crippen LogP contribution in [-0.2, 0) is 0 Å². The second-order valence-corrected chi connectivity index (χ2v) is 7.72. The number of anilines is 1. The van der Waals surface area contributed by atoms with Gasteiger partial charge >= 0.3 is 0 Å². The lowest BCUT2D eigenvalue weighted by atomic mass is 10.0. The number of fused-ring (bicyclic) bond motifs is 1. The summed E-state index contributed by atoms with van der Waals surface area (Å²) in [4.78, 5) is 19.5. The van der Waals surface area contributed by atoms with E-state index in [1.54, 1.807) is 6.33 Å². The van der Waals surface area contributed by atoms with Gasteiger partial charge in [0.15, 0.2) is 0 Å². The highest BCUT2D eigenvalue weighted by Gasteiger charge is 2.17. The summed E-state index contributed by atoms with van der Waals surface area (Å²) in [5.74, 6) is 0. The smallest absolute Gasteiger partial charge is 0.0977 e. The van der Waals surface area contributed by atoms with Crippen molar-refractivity contribution in [2.24, 2.45) is 5.73 Å². The molecule has 0 amide bonds. The maximum Gasteiger partial charge on any atom is 0.0977 e. The highest BCUT2D eigenvalue weighted by molar-refractivity contribution is 5.88. The van der Waals surface area contributed by atoms with E-state index in [1.807, 2.05) is 31.3 Å². The molecule has 0 bridgehead atoms. The molecule has 29 heavy (non-hydrogen) atoms. The number of nitrogens with two attached hydrogens (primary N) is 1. The van der Waals surface area contributed by atoms with E-state index in [9.17, 15) is 0 Å². The summed E-state index contributed by atoms with van der Waals surface area (Å²) in [6.45, 7) is 3.96. The molecule has 0 unspecified atom stereocenters. The molecule has 0 atom stereocenters. The van der Waals surface area contributed by atoms with Crippen molar-refractivity contribution in [3.8, 4) is 22.6 Å². The zero-order valence-electron chi connectivity index (χ0n) is 16.5. The van der Waals surface area contributed by atoms with E-state index in [0.717, 1.165) is 70.9 Å². The molecule has 0 spiro atoms. The van der Waals surface area contributed by atoms with Gasteiger partial charge in [0, 0.05) is 35.8 Å². The molecule has 3 N–H and O–H groups in total. The van der Waals surface area contributed by atoms with Crippen molar-refractivity contribution in [3.05, 3.63) is 60.7 Å². The molecule has 4 heterocycles. The molecule has 0 aliphatic carbocycles. The van der Waals surface area contributed by atoms with Gasteiger partial charge in [0.05, 0.1) is 40.8 Å². The van der Waals surface area contributed by atoms with Gasteiger partial charge in [-0.25, -0.2) is 4.98 Å². The molecule has 1 saturated heterocycles. The van der Waals surface area contributed by atoms with Gasteiger partial charge in [0.25, 0.3) is 0 Å². The first-order valence-corrected chi connectivity index (χ1v) is 10.1. The van der Waals surface area contributed by atoms with Crippen LogP contribution in [0.3, 0.4) is 0 Å². The number of hydrogen-bond acceptors (Lipinski definition) is 5. The Morgan fingerprint density at radius 2 is 1.93 bits per heavy atom. The minimum absolute atomic E-state index is 0.319. The number of piperidine rings is 1. The maximum absolute atomic E-state index is 6.05. The summed E-state index contributed by atoms with van der Waals surface area (Å²) in [6, 6.07) is 14.9. The number of pyridine rings is 2. The first-order valence-electron chi connectivity index (χ1n) is 10.1. The molecule has 4 aromatic rings. The van der Waals surface area contributed by atoms with Gasteiger partial charge in [-0.3, -0.25) is 9.97 Å². The van der Waals surface area contributed by atoms with Gasteiger partial charge in [0.2, 0.25) is 0 Å². The Hall–Kier alpha value is -3.25. The molecule has 0 radical (unpaired) electrons. The summed E-state index contributed by atoms with van der Waals surface area (Å²) in [5, 5.41) is 1.11. The highest BCUT2D eigenvalue weighted by Crippen LogP contribution is 2.31. The number of H-pyrrole nitrogens is 1. The van der Waals surface area contributed by atoms with Gasteiger partial charge in [-0.1, -0.05) is 12.1 Å². The Morgan fingerprint density at radius 3 is 2.76 bits per heavy atom. The minimum atomic E-state index is 0.319. The Labute approximate surface area is 169 Å². The van der Waals surface area contributed by atoms with Crippen LogP contribution in [0.5, 0.6) is 0 Å². The van der Waals surface area contributed by atoms with Crippen LogP contribution < -0.4 is 10.6 Å². The number of benzene rings is 1. The third-order valence-electron chi connectivity index (χ3n) is 5.63. The van der Waals surface area contributed by atoms with Gasteiger partial charge in [0.1, 0.15) is 0 Å². The molecule has 6 nitrogen and oxygen atoms in total. The van der Waals surface area contributed by atoms with Crippen LogP contribution in [0.15, 0.2) is 55.0 Å². The molecule has 3 aromatic heterocycles. The average Bonchev–Trinajstić information content (AvgIpc) is 3.23. The predicted molar refractivity (Wildman–Crippen MR) is 117 cm³/mol. The number of imidazole rings is 1. The van der Waals surface area contributed by atoms with E-state index < -0.39 is 0 Å². The van der Waals surface area contributed by atoms with Crippen LogP contribution in [0, 0.1) is 6.92 Å². The highest BCUT2D eigenvalue weighted by atomic mass is 15.1. The third kappa shape index (κ3) is 3.47. The van der Waals surface area contributed by atoms with E-state index in [-0.39, 0.29) is 0 Å². The SMILES string of the molecule is Cc1cccc(-c2[nH]cnc2-c2ccc3ncc(N4CCC(N)CC4)cc3c2)n1. The van der Waals surface area contributed by atoms with Crippen molar-refractivity contribution < 1.29 is 0 Å². The van der Waals surface area contributed by atoms with Crippen LogP contribution in [0.1, 0.15) is 18.5 Å². The molecule has 6 heteroatoms. The lowest BCUT2D eigenvalue weighted by Crippen LogP contribution is -2.39. The van der Waals surface area contributed by atoms with E-state index in [1.165, 1.54) is 0 Å². The maximum atomic E-state index is 6.05. The van der Waals surface area contributed by atoms with Crippen molar-refractivity contribution in [3.63, 3.8) is 0 Å². The molecule has 5 rings (SSSR count). The van der Waals surface area contributed by atoms with Gasteiger partial charge in [-0.05, 0) is 50.1 Å². The summed E-state index contributed by atoms with van der Waals surface area (Å²) >= 11 is 0. The van der Waals surface area contributed by atoms with Crippen molar-refractivity contribution in [2.75, 3.05) is 18.0 Å². The van der Waals surface area contributed by atoms with Crippen LogP contribution >= 0.6 is 0 Å². The Bertz CT molecular complexity index is 1160. The summed E-state index contributed by atoms with van der Waals surface area (Å²) in [7, 11) is 0. The van der Waals surface area contributed by atoms with Crippen LogP contribution in [0.2, 0.25) is 0 Å². The molecule has 1 aromatic carbocycles. The molecular formula is C23H24N6. The summed E-state index contributed by atoms with van der Waals surface area (Å²) in [5.41, 5.74) is 13.0. The lowest BCUT2D eigenvalue weighted by molar-refractivity contribution is 0.501. The number of aromatic nitrogens is 4. The van der Waals surface area contributed by atoms with E-state index in [4.69, 9.17) is 5.73 Å². The van der Waals surface area contributed by atoms with Crippen molar-refractivity contribution in [2.45, 2.75) is 25.8 Å². The number of nitrogens with one attached hydrogen (secondary N) is 1. The first kappa shape index (κ1) is 17.8. The van der Waals surface area contributed by atoms with Gasteiger partial charge < -0.3 is 15.6 Å². The molecule has 0 saturated carbocycles. The monoisotopic (exact) mass is 384 g/mol. The molecule has 1 aliphatic heterocycles. The lowest BCUT2D eigenvalue weighted by Gasteiger charge is -2.31. The molecule has 146 valence electrons. The fourth-order valence-corrected chi connectivity index (χ4v) is 3.99. The zero-order valence-corrected chi connectivity index (χ0v) is 16.5. The van der Waals surface area contributed by atoms with Gasteiger partial charge in [-0.15, -0.1) is 0 Å². The number of aryl methyl sites for hydroxylation is 1. The zero-order chi connectivity index (χ0) is 19.8. The van der Waals surface area contributed by atoms with Crippen molar-refractivity contribution in [1.29, 1.82) is 0 Å². The van der Waals surface area contributed by atoms with Crippen LogP contribution in [-0.4, -0.2) is 39.1 Å². The standard InChI is InChI=1S/C23H24N6/c1-15-3-2-4-21(28-15)23-22(26-14-27-23)16-5-6-20-17(11-16)12-19(13-25-20)29-9-7-18(24)8-10-29/h2-6,11-14,18H,7-10,24H2,1H3,(H,26,27). The first-order chi connectivity index (χ1) is 14.2. The third-order valence-corrected chi connectivity index (χ3v) is 5.63. The van der Waals surface area contributed by atoms with Crippen molar-refractivity contribution in [1.82, 2.24) is 19.9 Å². The molecule has 1 fully saturated rings. The predicted octanol–water partition coefficient (Wildman–Crippen LogP) is 3.92.